The molecule has 1 aromatic rings. The smallest absolute Gasteiger partial charge is 0.276 e. The predicted octanol–water partition coefficient (Wildman–Crippen LogP) is 0.810. The Balaban J connectivity index is 2.34. The van der Waals surface area contributed by atoms with Crippen LogP contribution < -0.4 is 4.74 Å². The summed E-state index contributed by atoms with van der Waals surface area (Å²) in [5, 5.41) is 9.48. The van der Waals surface area contributed by atoms with Crippen LogP contribution >= 0.6 is 0 Å². The maximum absolute atomic E-state index is 10.4. The van der Waals surface area contributed by atoms with Crippen molar-refractivity contribution in [2.45, 2.75) is 18.6 Å². The van der Waals surface area contributed by atoms with E-state index >= 15 is 0 Å². The number of benzene rings is 1. The fraction of sp³-hybridized carbons (Fsp3) is 0.300. The highest BCUT2D eigenvalue weighted by molar-refractivity contribution is 5.62. The lowest BCUT2D eigenvalue weighted by Crippen LogP contribution is -2.40. The van der Waals surface area contributed by atoms with Gasteiger partial charge in [-0.3, -0.25) is 4.79 Å². The van der Waals surface area contributed by atoms with Crippen LogP contribution in [0.3, 0.4) is 0 Å². The van der Waals surface area contributed by atoms with Gasteiger partial charge in [-0.25, -0.2) is 0 Å². The maximum Gasteiger partial charge on any atom is 0.276 e. The summed E-state index contributed by atoms with van der Waals surface area (Å²) in [6.07, 6.45) is 2.42. The molecule has 1 aliphatic heterocycles. The van der Waals surface area contributed by atoms with Crippen molar-refractivity contribution in [1.29, 1.82) is 0 Å². The molecule has 67 valence electrons. The van der Waals surface area contributed by atoms with E-state index in [2.05, 4.69) is 0 Å². The molecule has 1 aromatic carbocycles. The minimum Gasteiger partial charge on any atom is -0.454 e. The van der Waals surface area contributed by atoms with Gasteiger partial charge in [0.1, 0.15) is 5.75 Å². The molecule has 13 heavy (non-hydrogen) atoms. The van der Waals surface area contributed by atoms with Gasteiger partial charge in [0.25, 0.3) is 12.1 Å². The summed E-state index contributed by atoms with van der Waals surface area (Å²) in [5.41, 5.74) is 1.02. The van der Waals surface area contributed by atoms with Gasteiger partial charge in [0.15, 0.2) is 0 Å². The summed E-state index contributed by atoms with van der Waals surface area (Å²) in [6.45, 7) is 0. The van der Waals surface area contributed by atoms with E-state index in [9.17, 15) is 9.90 Å². The van der Waals surface area contributed by atoms with Crippen molar-refractivity contribution >= 4 is 6.29 Å². The molecule has 0 spiro atoms. The van der Waals surface area contributed by atoms with Crippen LogP contribution in [0.4, 0.5) is 0 Å². The Morgan fingerprint density at radius 3 is 3.00 bits per heavy atom. The third-order valence-electron chi connectivity index (χ3n) is 2.14. The molecule has 0 saturated heterocycles. The zero-order valence-corrected chi connectivity index (χ0v) is 6.99. The van der Waals surface area contributed by atoms with Crippen LogP contribution in [0, 0.1) is 0 Å². The van der Waals surface area contributed by atoms with E-state index in [1.165, 1.54) is 6.29 Å². The van der Waals surface area contributed by atoms with Gasteiger partial charge in [-0.05, 0) is 18.1 Å². The number of hydrogen-bond acceptors (Lipinski definition) is 3. The van der Waals surface area contributed by atoms with Crippen LogP contribution in [0.5, 0.6) is 5.75 Å². The zero-order chi connectivity index (χ0) is 9.31. The van der Waals surface area contributed by atoms with Crippen molar-refractivity contribution < 1.29 is 14.6 Å². The first-order chi connectivity index (χ1) is 6.23. The average Bonchev–Trinajstić information content (AvgIpc) is 2.18. The molecule has 1 heterocycles. The highest BCUT2D eigenvalue weighted by Gasteiger charge is 2.34. The molecule has 3 nitrogen and oxygen atoms in total. The van der Waals surface area contributed by atoms with E-state index in [-0.39, 0.29) is 6.42 Å². The maximum atomic E-state index is 10.4. The SMILES string of the molecule is O=[C]C1(O)CCc2ccccc2O1. The first-order valence-electron chi connectivity index (χ1n) is 4.12. The van der Waals surface area contributed by atoms with E-state index in [0.29, 0.717) is 12.2 Å². The molecular weight excluding hydrogens is 168 g/mol. The van der Waals surface area contributed by atoms with E-state index in [1.54, 1.807) is 12.1 Å². The van der Waals surface area contributed by atoms with Crippen molar-refractivity contribution in [3.63, 3.8) is 0 Å². The number of ether oxygens (including phenoxy) is 1. The largest absolute Gasteiger partial charge is 0.454 e. The second-order valence-electron chi connectivity index (χ2n) is 3.10. The van der Waals surface area contributed by atoms with Crippen LogP contribution in [0.15, 0.2) is 24.3 Å². The second-order valence-corrected chi connectivity index (χ2v) is 3.10. The van der Waals surface area contributed by atoms with Crippen molar-refractivity contribution in [2.24, 2.45) is 0 Å². The van der Waals surface area contributed by atoms with Gasteiger partial charge in [0, 0.05) is 6.42 Å². The molecule has 1 atom stereocenters. The van der Waals surface area contributed by atoms with Crippen LogP contribution in [-0.4, -0.2) is 17.2 Å². The van der Waals surface area contributed by atoms with Gasteiger partial charge in [-0.15, -0.1) is 0 Å². The minimum absolute atomic E-state index is 0.271. The normalized spacial score (nSPS) is 25.9. The first-order valence-corrected chi connectivity index (χ1v) is 4.12. The lowest BCUT2D eigenvalue weighted by molar-refractivity contribution is -0.0899. The van der Waals surface area contributed by atoms with Crippen LogP contribution in [0.1, 0.15) is 12.0 Å². The third kappa shape index (κ3) is 1.42. The van der Waals surface area contributed by atoms with Crippen LogP contribution in [0.2, 0.25) is 0 Å². The lowest BCUT2D eigenvalue weighted by Gasteiger charge is -2.28. The molecule has 0 aliphatic carbocycles. The minimum atomic E-state index is -1.74. The standard InChI is InChI=1S/C10H9O3/c11-7-10(12)6-5-8-3-1-2-4-9(8)13-10/h1-4,12H,5-6H2. The topological polar surface area (TPSA) is 46.5 Å². The highest BCUT2D eigenvalue weighted by Crippen LogP contribution is 2.30. The summed E-state index contributed by atoms with van der Waals surface area (Å²) in [7, 11) is 0. The van der Waals surface area contributed by atoms with E-state index in [4.69, 9.17) is 4.74 Å². The predicted molar refractivity (Wildman–Crippen MR) is 46.0 cm³/mol. The summed E-state index contributed by atoms with van der Waals surface area (Å²) >= 11 is 0. The monoisotopic (exact) mass is 177 g/mol. The fourth-order valence-electron chi connectivity index (χ4n) is 1.42. The van der Waals surface area contributed by atoms with Crippen molar-refractivity contribution in [3.8, 4) is 5.75 Å². The molecule has 0 bridgehead atoms. The lowest BCUT2D eigenvalue weighted by atomic mass is 10.0. The Morgan fingerprint density at radius 2 is 2.23 bits per heavy atom. The third-order valence-corrected chi connectivity index (χ3v) is 2.14. The summed E-state index contributed by atoms with van der Waals surface area (Å²) < 4.78 is 5.10. The Morgan fingerprint density at radius 1 is 1.46 bits per heavy atom. The summed E-state index contributed by atoms with van der Waals surface area (Å²) in [5.74, 6) is -1.17. The molecular formula is C10H9O3. The molecule has 1 N–H and O–H groups in total. The number of carbonyl (C=O) groups excluding carboxylic acids is 1. The second kappa shape index (κ2) is 2.85. The van der Waals surface area contributed by atoms with Gasteiger partial charge >= 0.3 is 0 Å². The van der Waals surface area contributed by atoms with E-state index in [0.717, 1.165) is 5.56 Å². The summed E-state index contributed by atoms with van der Waals surface area (Å²) in [4.78, 5) is 10.4. The van der Waals surface area contributed by atoms with Gasteiger partial charge in [-0.2, -0.15) is 0 Å². The average molecular weight is 177 g/mol. The van der Waals surface area contributed by atoms with E-state index < -0.39 is 5.79 Å². The van der Waals surface area contributed by atoms with Gasteiger partial charge in [0.2, 0.25) is 0 Å². The Labute approximate surface area is 76.0 Å². The number of aliphatic hydroxyl groups is 1. The molecule has 1 unspecified atom stereocenters. The zero-order valence-electron chi connectivity index (χ0n) is 6.99. The molecule has 0 saturated carbocycles. The van der Waals surface area contributed by atoms with Crippen molar-refractivity contribution in [3.05, 3.63) is 29.8 Å². The molecule has 1 aliphatic rings. The van der Waals surface area contributed by atoms with Crippen LogP contribution in [-0.2, 0) is 11.2 Å². The van der Waals surface area contributed by atoms with Crippen molar-refractivity contribution in [1.82, 2.24) is 0 Å². The van der Waals surface area contributed by atoms with Crippen molar-refractivity contribution in [2.75, 3.05) is 0 Å². The van der Waals surface area contributed by atoms with Gasteiger partial charge < -0.3 is 9.84 Å². The Hall–Kier alpha value is -1.35. The quantitative estimate of drug-likeness (QED) is 0.690. The molecule has 3 heteroatoms. The van der Waals surface area contributed by atoms with Gasteiger partial charge in [-0.1, -0.05) is 18.2 Å². The molecule has 0 aromatic heterocycles. The Kier molecular flexibility index (Phi) is 1.81. The number of aryl methyl sites for hydroxylation is 1. The first kappa shape index (κ1) is 8.26. The van der Waals surface area contributed by atoms with Crippen LogP contribution in [0.25, 0.3) is 0 Å². The molecule has 0 amide bonds. The number of rotatable bonds is 1. The molecule has 0 fully saturated rings. The molecule has 2 rings (SSSR count). The summed E-state index contributed by atoms with van der Waals surface area (Å²) in [6, 6.07) is 7.35. The number of hydrogen-bond donors (Lipinski definition) is 1. The number of para-hydroxylation sites is 1. The van der Waals surface area contributed by atoms with E-state index in [1.807, 2.05) is 12.1 Å². The highest BCUT2D eigenvalue weighted by atomic mass is 16.6. The Bertz CT molecular complexity index is 335. The van der Waals surface area contributed by atoms with Gasteiger partial charge in [0.05, 0.1) is 0 Å². The fourth-order valence-corrected chi connectivity index (χ4v) is 1.42. The number of fused-ring (bicyclic) bond motifs is 1. The molecule has 1 radical (unpaired) electrons.